The number of rotatable bonds is 3. The normalized spacial score (nSPS) is 37.3. The Hall–Kier alpha value is 1.83. The molecule has 190 valence electrons. The summed E-state index contributed by atoms with van der Waals surface area (Å²) in [6.45, 7) is 1.30. The van der Waals surface area contributed by atoms with Gasteiger partial charge in [-0.15, -0.1) is 0 Å². The van der Waals surface area contributed by atoms with Gasteiger partial charge in [-0.25, -0.2) is 0 Å². The van der Waals surface area contributed by atoms with Gasteiger partial charge >= 0.3 is 0 Å². The summed E-state index contributed by atoms with van der Waals surface area (Å²) < 4.78 is 5.02. The summed E-state index contributed by atoms with van der Waals surface area (Å²) in [5.41, 5.74) is 0.146. The van der Waals surface area contributed by atoms with Crippen molar-refractivity contribution in [3.63, 3.8) is 0 Å². The van der Waals surface area contributed by atoms with Gasteiger partial charge in [-0.2, -0.15) is 94.5 Å². The van der Waals surface area contributed by atoms with Crippen LogP contribution in [0.4, 0.5) is 0 Å². The Morgan fingerprint density at radius 1 is 0.833 bits per heavy atom. The molecule has 0 aromatic carbocycles. The fourth-order valence-corrected chi connectivity index (χ4v) is 2.99. The molecule has 16 heteroatoms. The number of aliphatic hydroxyl groups is 7. The molecule has 2 aliphatic rings. The van der Waals surface area contributed by atoms with E-state index in [-0.39, 0.29) is 113 Å². The van der Waals surface area contributed by atoms with Crippen LogP contribution in [0.1, 0.15) is 6.92 Å². The molecule has 1 saturated heterocycles. The van der Waals surface area contributed by atoms with Crippen molar-refractivity contribution in [2.45, 2.75) is 55.8 Å². The Balaban J connectivity index is -0.000000206. The summed E-state index contributed by atoms with van der Waals surface area (Å²) in [5, 5.41) is 71.4. The van der Waals surface area contributed by atoms with Crippen molar-refractivity contribution in [1.29, 1.82) is 0 Å². The highest BCUT2D eigenvalue weighted by molar-refractivity contribution is 7.60. The second-order valence-corrected chi connectivity index (χ2v) is 6.23. The van der Waals surface area contributed by atoms with Crippen LogP contribution in [0.25, 0.3) is 0 Å². The molecule has 30 heavy (non-hydrogen) atoms. The standard InChI is InChI=1S/C14H25NO8.7H2S/c1-5-4-23-14(22)13(21)11(19)8(5)15-7-2-6(3-16)9(17)12(20)10(7)18;;;;;;;/h2,5,7-22H,3-4H2,1H3;7*1H2/t5-,7?,8-,9-,10+,11?,12?,13?,14+;;;;;;;/m1......./s1. The minimum absolute atomic E-state index is 0. The van der Waals surface area contributed by atoms with Crippen LogP contribution in [0.5, 0.6) is 0 Å². The van der Waals surface area contributed by atoms with Crippen molar-refractivity contribution in [3.8, 4) is 0 Å². The number of nitrogens with one attached hydrogen (secondary N) is 1. The molecule has 9 nitrogen and oxygen atoms in total. The van der Waals surface area contributed by atoms with Gasteiger partial charge in [0.2, 0.25) is 0 Å². The number of hydrogen-bond acceptors (Lipinski definition) is 9. The van der Waals surface area contributed by atoms with E-state index < -0.39 is 55.5 Å². The molecule has 0 aromatic heterocycles. The Morgan fingerprint density at radius 2 is 1.33 bits per heavy atom. The number of hydrogen-bond donors (Lipinski definition) is 8. The van der Waals surface area contributed by atoms with Gasteiger partial charge in [-0.1, -0.05) is 13.0 Å². The van der Waals surface area contributed by atoms with Gasteiger partial charge in [0.15, 0.2) is 6.29 Å². The summed E-state index contributed by atoms with van der Waals surface area (Å²) in [5.74, 6) is -0.320. The van der Waals surface area contributed by atoms with Gasteiger partial charge < -0.3 is 45.8 Å². The third-order valence-electron chi connectivity index (χ3n) is 4.54. The minimum Gasteiger partial charge on any atom is -0.392 e. The lowest BCUT2D eigenvalue weighted by atomic mass is 9.86. The van der Waals surface area contributed by atoms with Crippen LogP contribution >= 0.6 is 94.5 Å². The van der Waals surface area contributed by atoms with Crippen LogP contribution in [-0.2, 0) is 4.74 Å². The fourth-order valence-electron chi connectivity index (χ4n) is 2.99. The van der Waals surface area contributed by atoms with Gasteiger partial charge in [0, 0.05) is 6.04 Å². The monoisotopic (exact) mass is 573 g/mol. The van der Waals surface area contributed by atoms with Gasteiger partial charge in [-0.3, -0.25) is 0 Å². The van der Waals surface area contributed by atoms with E-state index >= 15 is 0 Å². The highest BCUT2D eigenvalue weighted by Crippen LogP contribution is 2.24. The first-order chi connectivity index (χ1) is 10.8. The number of aliphatic hydroxyl groups excluding tert-OH is 7. The maximum Gasteiger partial charge on any atom is 0.183 e. The van der Waals surface area contributed by atoms with Crippen molar-refractivity contribution in [2.75, 3.05) is 13.2 Å². The predicted molar refractivity (Wildman–Crippen MR) is 150 cm³/mol. The summed E-state index contributed by atoms with van der Waals surface area (Å²) in [6.07, 6.45) is -7.28. The molecule has 9 atom stereocenters. The smallest absolute Gasteiger partial charge is 0.183 e. The lowest BCUT2D eigenvalue weighted by Crippen LogP contribution is -2.60. The Labute approximate surface area is 225 Å². The van der Waals surface area contributed by atoms with Gasteiger partial charge in [0.1, 0.15) is 30.5 Å². The maximum atomic E-state index is 10.2. The maximum absolute atomic E-state index is 10.2. The molecule has 1 aliphatic heterocycles. The first-order valence-corrected chi connectivity index (χ1v) is 7.55. The summed E-state index contributed by atoms with van der Waals surface area (Å²) in [7, 11) is 0. The zero-order valence-electron chi connectivity index (χ0n) is 16.2. The second-order valence-electron chi connectivity index (χ2n) is 6.23. The molecule has 0 saturated carbocycles. The Morgan fingerprint density at radius 3 is 1.80 bits per heavy atom. The summed E-state index contributed by atoms with van der Waals surface area (Å²) in [4.78, 5) is 0. The van der Waals surface area contributed by atoms with E-state index in [1.54, 1.807) is 6.92 Å². The average Bonchev–Trinajstić information content (AvgIpc) is 2.62. The second kappa shape index (κ2) is 20.2. The van der Waals surface area contributed by atoms with Crippen LogP contribution in [-0.4, -0.2) is 97.9 Å². The molecule has 1 fully saturated rings. The van der Waals surface area contributed by atoms with E-state index in [0.717, 1.165) is 0 Å². The van der Waals surface area contributed by atoms with Gasteiger partial charge in [0.25, 0.3) is 0 Å². The molecule has 2 rings (SSSR count). The van der Waals surface area contributed by atoms with E-state index in [1.807, 2.05) is 0 Å². The molecule has 1 heterocycles. The van der Waals surface area contributed by atoms with Crippen molar-refractivity contribution in [1.82, 2.24) is 5.32 Å². The first-order valence-electron chi connectivity index (χ1n) is 7.55. The molecule has 1 aliphatic carbocycles. The topological polar surface area (TPSA) is 163 Å². The predicted octanol–water partition coefficient (Wildman–Crippen LogP) is -3.18. The zero-order valence-corrected chi connectivity index (χ0v) is 23.2. The molecular weight excluding hydrogens is 535 g/mol. The number of ether oxygens (including phenoxy) is 1. The van der Waals surface area contributed by atoms with Crippen LogP contribution in [0.3, 0.4) is 0 Å². The van der Waals surface area contributed by atoms with Crippen LogP contribution in [0.15, 0.2) is 11.6 Å². The Bertz CT molecular complexity index is 457. The van der Waals surface area contributed by atoms with E-state index in [2.05, 4.69) is 5.32 Å². The molecule has 0 radical (unpaired) electrons. The first kappa shape index (κ1) is 45.3. The van der Waals surface area contributed by atoms with Crippen molar-refractivity contribution >= 4 is 94.5 Å². The van der Waals surface area contributed by atoms with Gasteiger partial charge in [0.05, 0.1) is 19.3 Å². The quantitative estimate of drug-likeness (QED) is 0.163. The highest BCUT2D eigenvalue weighted by atomic mass is 32.1. The minimum atomic E-state index is -1.53. The molecular formula is C14H39NO8S7. The van der Waals surface area contributed by atoms with E-state index in [1.165, 1.54) is 6.08 Å². The SMILES string of the molecule is C[C@@H]1CO[C@H](O)C(O)C(O)[C@@H]1NC1C=C(CO)[C@@H](O)C(O)[C@H]1O.S.S.S.S.S.S.S. The fraction of sp³-hybridized carbons (Fsp3) is 0.857. The molecule has 8 N–H and O–H groups in total. The molecule has 0 bridgehead atoms. The van der Waals surface area contributed by atoms with Crippen LogP contribution in [0.2, 0.25) is 0 Å². The van der Waals surface area contributed by atoms with Crippen molar-refractivity contribution in [2.24, 2.45) is 5.92 Å². The third kappa shape index (κ3) is 10.4. The Kier molecular flexibility index (Phi) is 30.6. The van der Waals surface area contributed by atoms with Crippen LogP contribution < -0.4 is 5.32 Å². The molecule has 0 spiro atoms. The van der Waals surface area contributed by atoms with Crippen molar-refractivity contribution in [3.05, 3.63) is 11.6 Å². The van der Waals surface area contributed by atoms with E-state index in [9.17, 15) is 35.7 Å². The van der Waals surface area contributed by atoms with Gasteiger partial charge in [-0.05, 0) is 11.5 Å². The van der Waals surface area contributed by atoms with Crippen LogP contribution in [0, 0.1) is 5.92 Å². The van der Waals surface area contributed by atoms with E-state index in [4.69, 9.17) is 4.74 Å². The average molecular weight is 574 g/mol. The molecule has 0 amide bonds. The van der Waals surface area contributed by atoms with Crippen molar-refractivity contribution < 1.29 is 40.5 Å². The molecule has 4 unspecified atom stereocenters. The summed E-state index contributed by atoms with van der Waals surface area (Å²) in [6, 6.07) is -1.61. The zero-order chi connectivity index (χ0) is 17.3. The van der Waals surface area contributed by atoms with E-state index in [0.29, 0.717) is 0 Å². The lowest BCUT2D eigenvalue weighted by Gasteiger charge is -2.38. The third-order valence-corrected chi connectivity index (χ3v) is 4.54. The largest absolute Gasteiger partial charge is 0.392 e. The molecule has 0 aromatic rings. The summed E-state index contributed by atoms with van der Waals surface area (Å²) >= 11 is 0. The highest BCUT2D eigenvalue weighted by Gasteiger charge is 2.43. The lowest BCUT2D eigenvalue weighted by molar-refractivity contribution is -0.177.